The molecule has 0 aliphatic heterocycles. The molecule has 2 N–H and O–H groups in total. The van der Waals surface area contributed by atoms with Crippen LogP contribution in [-0.2, 0) is 0 Å². The number of nitrogens with zero attached hydrogens (tertiary/aromatic N) is 3. The van der Waals surface area contributed by atoms with Gasteiger partial charge in [-0.15, -0.1) is 0 Å². The number of benzene rings is 19. The molecule has 0 atom stereocenters. The van der Waals surface area contributed by atoms with Gasteiger partial charge in [0, 0.05) is 112 Å². The number of nitrogen functional groups attached to an aromatic ring is 1. The van der Waals surface area contributed by atoms with Crippen molar-refractivity contribution < 1.29 is 18.0 Å². The highest BCUT2D eigenvalue weighted by molar-refractivity contribution is 9.11. The van der Waals surface area contributed by atoms with E-state index in [-0.39, 0.29) is 0 Å². The Morgan fingerprint density at radius 2 is 0.632 bits per heavy atom. The van der Waals surface area contributed by atoms with Crippen molar-refractivity contribution in [2.24, 2.45) is 0 Å². The van der Waals surface area contributed by atoms with Crippen LogP contribution >= 0.6 is 47.8 Å². The molecule has 11 heteroatoms. The van der Waals surface area contributed by atoms with Crippen molar-refractivity contribution in [3.05, 3.63) is 382 Å². The molecule has 0 spiro atoms. The van der Waals surface area contributed by atoms with Gasteiger partial charge in [0.25, 0.3) is 0 Å². The third-order valence-electron chi connectivity index (χ3n) is 22.7. The van der Waals surface area contributed by atoms with Crippen LogP contribution in [0.4, 0.5) is 11.4 Å². The van der Waals surface area contributed by atoms with Crippen LogP contribution in [0, 0.1) is 6.57 Å². The zero-order valence-electron chi connectivity index (χ0n) is 62.2. The summed E-state index contributed by atoms with van der Waals surface area (Å²) in [4.78, 5) is 25.6. The first kappa shape index (κ1) is 70.7. The maximum absolute atomic E-state index is 11.3. The molecule has 0 amide bonds. The number of halogens is 3. The van der Waals surface area contributed by atoms with Crippen LogP contribution in [0.5, 0.6) is 0 Å². The number of aldehydes is 1. The zero-order valence-corrected chi connectivity index (χ0v) is 67.0. The van der Waals surface area contributed by atoms with Crippen molar-refractivity contribution in [2.75, 3.05) is 5.73 Å². The van der Waals surface area contributed by atoms with Gasteiger partial charge in [0.2, 0.25) is 0 Å². The summed E-state index contributed by atoms with van der Waals surface area (Å²) in [6.45, 7) is 7.42. The largest absolute Gasteiger partial charge is 0.455 e. The highest BCUT2D eigenvalue weighted by Gasteiger charge is 2.26. The third-order valence-corrected chi connectivity index (χ3v) is 24.9. The van der Waals surface area contributed by atoms with E-state index in [0.29, 0.717) is 5.69 Å². The number of fused-ring (bicyclic) bond motifs is 23. The SMILES string of the molecule is Brc1c2ccccc2c(-c2nc3ccccc3c3c2ccc2c4ccccc4oc23)c2ccccc12.Nc1cc(Br)ccc1-c1cccc2c1oc1ccccc12.O=Cc1c2ccccc2c(Br)c2ccccc12.[C-]#[N+]c1ccc(-c2c3ccccc3c(-c3nc4ccccc4c4c3ccc3c5ccccc5oc34)c3ccccc23)cc1. The smallest absolute Gasteiger partial charge is 0.187 e. The molecule has 0 unspecified atom stereocenters. The number of pyridine rings is 2. The number of carbonyl (C=O) groups excluding carboxylic acids is 1. The highest BCUT2D eigenvalue weighted by Crippen LogP contribution is 2.51. The van der Waals surface area contributed by atoms with E-state index in [1.165, 1.54) is 21.5 Å². The van der Waals surface area contributed by atoms with Crippen LogP contribution in [0.1, 0.15) is 10.4 Å². The van der Waals surface area contributed by atoms with E-state index >= 15 is 0 Å². The first-order chi connectivity index (χ1) is 57.7. The maximum Gasteiger partial charge on any atom is 0.187 e. The molecule has 0 bridgehead atoms. The number of anilines is 1. The molecule has 117 heavy (non-hydrogen) atoms. The third kappa shape index (κ3) is 11.8. The predicted molar refractivity (Wildman–Crippen MR) is 499 cm³/mol. The van der Waals surface area contributed by atoms with E-state index in [1.54, 1.807) is 0 Å². The van der Waals surface area contributed by atoms with Gasteiger partial charge in [-0.25, -0.2) is 14.8 Å². The summed E-state index contributed by atoms with van der Waals surface area (Å²) in [6, 6.07) is 120. The summed E-state index contributed by atoms with van der Waals surface area (Å²) in [5.41, 5.74) is 24.0. The lowest BCUT2D eigenvalue weighted by atomic mass is 9.86. The fourth-order valence-electron chi connectivity index (χ4n) is 17.5. The van der Waals surface area contributed by atoms with E-state index in [4.69, 9.17) is 35.5 Å². The van der Waals surface area contributed by atoms with Gasteiger partial charge in [-0.1, -0.05) is 313 Å². The van der Waals surface area contributed by atoms with Crippen LogP contribution in [-0.4, -0.2) is 16.3 Å². The molecule has 0 fully saturated rings. The molecule has 24 aromatic rings. The van der Waals surface area contributed by atoms with E-state index in [1.807, 2.05) is 133 Å². The molecule has 5 heterocycles. The number of aromatic nitrogens is 2. The van der Waals surface area contributed by atoms with Gasteiger partial charge in [0.15, 0.2) is 12.0 Å². The fourth-order valence-corrected chi connectivity index (χ4v) is 19.3. The number of carbonyl (C=O) groups is 1. The molecular formula is C106H61Br3N4O4. The van der Waals surface area contributed by atoms with E-state index in [0.717, 1.165) is 228 Å². The Morgan fingerprint density at radius 3 is 1.05 bits per heavy atom. The molecule has 0 radical (unpaired) electrons. The summed E-state index contributed by atoms with van der Waals surface area (Å²) in [7, 11) is 0. The first-order valence-corrected chi connectivity index (χ1v) is 40.8. The van der Waals surface area contributed by atoms with Crippen molar-refractivity contribution in [1.29, 1.82) is 0 Å². The number of hydrogen-bond donors (Lipinski definition) is 1. The van der Waals surface area contributed by atoms with Crippen LogP contribution in [0.15, 0.2) is 379 Å². The molecule has 19 aromatic carbocycles. The normalized spacial score (nSPS) is 11.6. The maximum atomic E-state index is 11.3. The minimum Gasteiger partial charge on any atom is -0.455 e. The standard InChI is InChI=1S/C40H22N2O.C33H18BrNO.C18H12BrNO.C15H9BrO/c1-41-25-20-18-24(19-21-25)36-27-11-2-4-13-29(27)37(30-14-5-3-12-28(30)36)39-33-23-22-31-26-10-7-9-17-35(26)43-40(31)38(33)32-15-6-8-16-34(32)42-39;34-31-22-12-3-1-10-20(22)29(21-11-2-4-13-23(21)31)32-26-18-17-24-19-9-6-8-16-28(19)36-33(24)30(26)25-14-5-7-15-27(25)35-32;19-11-8-9-12(16(20)10-11)14-5-3-6-15-13-4-1-2-7-17(13)21-18(14)15;16-15-12-7-3-1-5-10(12)14(9-17)11-6-2-4-8-13(11)15/h2-23H;1-18H;1-10H,20H2;1-9H. The van der Waals surface area contributed by atoms with Crippen molar-refractivity contribution >= 4 is 239 Å². The lowest BCUT2D eigenvalue weighted by Gasteiger charge is -2.19. The van der Waals surface area contributed by atoms with Gasteiger partial charge in [0.1, 0.15) is 33.5 Å². The molecule has 24 rings (SSSR count). The van der Waals surface area contributed by atoms with Gasteiger partial charge in [0.05, 0.1) is 29.0 Å². The Bertz CT molecular complexity index is 8150. The quantitative estimate of drug-likeness (QED) is 0.0600. The average molecular weight is 1690 g/mol. The molecule has 0 aliphatic carbocycles. The second-order valence-corrected chi connectivity index (χ2v) is 31.6. The van der Waals surface area contributed by atoms with Crippen molar-refractivity contribution in [3.8, 4) is 44.8 Å². The van der Waals surface area contributed by atoms with Crippen LogP contribution in [0.2, 0.25) is 0 Å². The summed E-state index contributed by atoms with van der Waals surface area (Å²) in [5.74, 6) is 0. The number of hydrogen-bond acceptors (Lipinski definition) is 7. The lowest BCUT2D eigenvalue weighted by Crippen LogP contribution is -1.95. The fraction of sp³-hybridized carbons (Fsp3) is 0. The van der Waals surface area contributed by atoms with Crippen LogP contribution in [0.25, 0.3) is 223 Å². The topological polar surface area (TPSA) is 113 Å². The first-order valence-electron chi connectivity index (χ1n) is 38.4. The van der Waals surface area contributed by atoms with Gasteiger partial charge in [-0.3, -0.25) is 4.79 Å². The minimum atomic E-state index is 0.637. The minimum absolute atomic E-state index is 0.637. The second-order valence-electron chi connectivity index (χ2n) is 29.1. The molecule has 0 saturated carbocycles. The van der Waals surface area contributed by atoms with Crippen LogP contribution in [0.3, 0.4) is 0 Å². The number of rotatable bonds is 5. The number of nitrogens with two attached hydrogens (primary N) is 1. The van der Waals surface area contributed by atoms with E-state index < -0.39 is 0 Å². The Kier molecular flexibility index (Phi) is 17.6. The number of para-hydroxylation sites is 6. The average Bonchev–Trinajstić information content (AvgIpc) is 1.71. The molecule has 0 saturated heterocycles. The predicted octanol–water partition coefficient (Wildman–Crippen LogP) is 31.7. The Hall–Kier alpha value is -14.1. The Balaban J connectivity index is 0.000000103. The summed E-state index contributed by atoms with van der Waals surface area (Å²) >= 11 is 11.0. The van der Waals surface area contributed by atoms with E-state index in [9.17, 15) is 4.79 Å². The summed E-state index contributed by atoms with van der Waals surface area (Å²) in [5, 5.41) is 26.7. The molecule has 5 aromatic heterocycles. The van der Waals surface area contributed by atoms with Gasteiger partial charge < -0.3 is 19.0 Å². The van der Waals surface area contributed by atoms with E-state index in [2.05, 4.69) is 271 Å². The Labute approximate surface area is 694 Å². The van der Waals surface area contributed by atoms with Gasteiger partial charge >= 0.3 is 0 Å². The van der Waals surface area contributed by atoms with Crippen molar-refractivity contribution in [1.82, 2.24) is 9.97 Å². The van der Waals surface area contributed by atoms with Gasteiger partial charge in [-0.2, -0.15) is 0 Å². The summed E-state index contributed by atoms with van der Waals surface area (Å²) < 4.78 is 22.3. The summed E-state index contributed by atoms with van der Waals surface area (Å²) in [6.07, 6.45) is 0.942. The van der Waals surface area contributed by atoms with Crippen LogP contribution < -0.4 is 5.73 Å². The molecule has 550 valence electrons. The molecule has 0 aliphatic rings. The van der Waals surface area contributed by atoms with Gasteiger partial charge in [-0.05, 0) is 162 Å². The molecule has 8 nitrogen and oxygen atoms in total. The highest BCUT2D eigenvalue weighted by atomic mass is 79.9. The molecular weight excluding hydrogens is 1630 g/mol. The lowest BCUT2D eigenvalue weighted by molar-refractivity contribution is 0.112. The second kappa shape index (κ2) is 29.1. The monoisotopic (exact) mass is 1690 g/mol. The zero-order chi connectivity index (χ0) is 78.5. The van der Waals surface area contributed by atoms with Crippen molar-refractivity contribution in [2.45, 2.75) is 0 Å². The van der Waals surface area contributed by atoms with Crippen molar-refractivity contribution in [3.63, 3.8) is 0 Å². The number of furan rings is 3. The Morgan fingerprint density at radius 1 is 0.299 bits per heavy atom.